The molecule has 1 aromatic heterocycles. The van der Waals surface area contributed by atoms with Crippen LogP contribution >= 0.6 is 11.3 Å². The Bertz CT molecular complexity index is 733. The van der Waals surface area contributed by atoms with Gasteiger partial charge < -0.3 is 5.32 Å². The quantitative estimate of drug-likeness (QED) is 0.853. The summed E-state index contributed by atoms with van der Waals surface area (Å²) in [5.74, 6) is 0.876. The Hall–Kier alpha value is -1.61. The lowest BCUT2D eigenvalue weighted by Gasteiger charge is -2.26. The first-order chi connectivity index (χ1) is 11.2. The molecule has 0 spiro atoms. The van der Waals surface area contributed by atoms with Gasteiger partial charge in [0.15, 0.2) is 0 Å². The van der Waals surface area contributed by atoms with Crippen molar-refractivity contribution in [2.75, 3.05) is 0 Å². The van der Waals surface area contributed by atoms with Crippen LogP contribution in [-0.4, -0.2) is 5.91 Å². The standard InChI is InChI=1S/C20H23NOS/c1-13-9-10-16-17(12-23-19(16)11-13)20(22)21-18-8-4-6-14-5-2-3-7-15(14)18/h2-3,5,7,12-13,18H,4,6,8-11H2,1H3,(H,21,22)/t13-,18+/m0/s1. The smallest absolute Gasteiger partial charge is 0.252 e. The summed E-state index contributed by atoms with van der Waals surface area (Å²) in [5, 5.41) is 5.38. The lowest BCUT2D eigenvalue weighted by atomic mass is 9.86. The van der Waals surface area contributed by atoms with Crippen LogP contribution in [0.25, 0.3) is 0 Å². The number of benzene rings is 1. The molecule has 0 saturated carbocycles. The molecular weight excluding hydrogens is 302 g/mol. The molecule has 0 radical (unpaired) electrons. The molecule has 1 amide bonds. The van der Waals surface area contributed by atoms with Crippen LogP contribution in [0.1, 0.15) is 64.2 Å². The average molecular weight is 325 g/mol. The van der Waals surface area contributed by atoms with Crippen LogP contribution in [-0.2, 0) is 19.3 Å². The number of carbonyl (C=O) groups is 1. The fourth-order valence-electron chi connectivity index (χ4n) is 4.01. The third-order valence-electron chi connectivity index (χ3n) is 5.32. The van der Waals surface area contributed by atoms with E-state index < -0.39 is 0 Å². The number of rotatable bonds is 2. The Morgan fingerprint density at radius 3 is 3.00 bits per heavy atom. The van der Waals surface area contributed by atoms with Gasteiger partial charge in [-0.1, -0.05) is 31.2 Å². The summed E-state index contributed by atoms with van der Waals surface area (Å²) in [6.45, 7) is 2.31. The van der Waals surface area contributed by atoms with E-state index in [-0.39, 0.29) is 11.9 Å². The molecular formula is C20H23NOS. The monoisotopic (exact) mass is 325 g/mol. The predicted octanol–water partition coefficient (Wildman–Crippen LogP) is 4.68. The van der Waals surface area contributed by atoms with Gasteiger partial charge in [-0.15, -0.1) is 11.3 Å². The van der Waals surface area contributed by atoms with Gasteiger partial charge in [0.2, 0.25) is 0 Å². The van der Waals surface area contributed by atoms with E-state index >= 15 is 0 Å². The van der Waals surface area contributed by atoms with Crippen molar-refractivity contribution in [1.29, 1.82) is 0 Å². The van der Waals surface area contributed by atoms with E-state index in [9.17, 15) is 4.79 Å². The normalized spacial score (nSPS) is 23.0. The van der Waals surface area contributed by atoms with Crippen molar-refractivity contribution in [3.8, 4) is 0 Å². The summed E-state index contributed by atoms with van der Waals surface area (Å²) in [7, 11) is 0. The topological polar surface area (TPSA) is 29.1 Å². The maximum atomic E-state index is 12.8. The first kappa shape index (κ1) is 14.9. The van der Waals surface area contributed by atoms with Crippen LogP contribution in [0.5, 0.6) is 0 Å². The summed E-state index contributed by atoms with van der Waals surface area (Å²) in [6.07, 6.45) is 6.74. The molecule has 2 aliphatic rings. The van der Waals surface area contributed by atoms with Gasteiger partial charge in [0.05, 0.1) is 11.6 Å². The fourth-order valence-corrected chi connectivity index (χ4v) is 5.25. The van der Waals surface area contributed by atoms with E-state index in [1.165, 1.54) is 28.0 Å². The number of thiophene rings is 1. The second-order valence-electron chi connectivity index (χ2n) is 7.02. The van der Waals surface area contributed by atoms with E-state index in [0.717, 1.165) is 43.6 Å². The van der Waals surface area contributed by atoms with Crippen LogP contribution < -0.4 is 5.32 Å². The number of amides is 1. The zero-order valence-corrected chi connectivity index (χ0v) is 14.4. The van der Waals surface area contributed by atoms with E-state index in [4.69, 9.17) is 0 Å². The van der Waals surface area contributed by atoms with Crippen molar-refractivity contribution >= 4 is 17.2 Å². The summed E-state index contributed by atoms with van der Waals surface area (Å²) in [5.41, 5.74) is 4.95. The van der Waals surface area contributed by atoms with Gasteiger partial charge in [0.25, 0.3) is 5.91 Å². The minimum atomic E-state index is 0.124. The molecule has 2 aromatic rings. The maximum Gasteiger partial charge on any atom is 0.252 e. The summed E-state index contributed by atoms with van der Waals surface area (Å²) in [4.78, 5) is 14.3. The predicted molar refractivity (Wildman–Crippen MR) is 95.1 cm³/mol. The van der Waals surface area contributed by atoms with Crippen molar-refractivity contribution in [2.24, 2.45) is 5.92 Å². The zero-order valence-electron chi connectivity index (χ0n) is 13.6. The third-order valence-corrected chi connectivity index (χ3v) is 6.37. The second kappa shape index (κ2) is 6.12. The van der Waals surface area contributed by atoms with Gasteiger partial charge in [-0.2, -0.15) is 0 Å². The number of aryl methyl sites for hydroxylation is 1. The van der Waals surface area contributed by atoms with E-state index in [2.05, 4.69) is 41.9 Å². The largest absolute Gasteiger partial charge is 0.345 e. The Labute approximate surface area is 141 Å². The van der Waals surface area contributed by atoms with Gasteiger partial charge in [0.1, 0.15) is 0 Å². The van der Waals surface area contributed by atoms with E-state index in [1.807, 2.05) is 0 Å². The SMILES string of the molecule is C[C@H]1CCc2c(C(=O)N[C@@H]3CCCc4ccccc43)csc2C1. The molecule has 1 N–H and O–H groups in total. The van der Waals surface area contributed by atoms with Gasteiger partial charge in [-0.3, -0.25) is 4.79 Å². The maximum absolute atomic E-state index is 12.8. The Morgan fingerprint density at radius 1 is 1.22 bits per heavy atom. The first-order valence-electron chi connectivity index (χ1n) is 8.70. The Morgan fingerprint density at radius 2 is 2.09 bits per heavy atom. The van der Waals surface area contributed by atoms with Crippen LogP contribution in [0.4, 0.5) is 0 Å². The summed E-state index contributed by atoms with van der Waals surface area (Å²) >= 11 is 1.77. The molecule has 0 saturated heterocycles. The Kier molecular flexibility index (Phi) is 3.98. The minimum Gasteiger partial charge on any atom is -0.345 e. The van der Waals surface area contributed by atoms with Crippen molar-refractivity contribution < 1.29 is 4.79 Å². The lowest BCUT2D eigenvalue weighted by Crippen LogP contribution is -2.31. The van der Waals surface area contributed by atoms with Gasteiger partial charge in [-0.05, 0) is 61.1 Å². The molecule has 3 heteroatoms. The highest BCUT2D eigenvalue weighted by atomic mass is 32.1. The fraction of sp³-hybridized carbons (Fsp3) is 0.450. The van der Waals surface area contributed by atoms with Gasteiger partial charge in [0, 0.05) is 10.3 Å². The van der Waals surface area contributed by atoms with Crippen molar-refractivity contribution in [3.05, 3.63) is 56.8 Å². The third kappa shape index (κ3) is 2.83. The average Bonchev–Trinajstić information content (AvgIpc) is 2.98. The molecule has 0 unspecified atom stereocenters. The summed E-state index contributed by atoms with van der Waals surface area (Å²) in [6, 6.07) is 8.72. The highest BCUT2D eigenvalue weighted by Gasteiger charge is 2.26. The molecule has 1 heterocycles. The minimum absolute atomic E-state index is 0.124. The number of fused-ring (bicyclic) bond motifs is 2. The number of nitrogens with one attached hydrogen (secondary N) is 1. The second-order valence-corrected chi connectivity index (χ2v) is 7.98. The van der Waals surface area contributed by atoms with E-state index in [0.29, 0.717) is 0 Å². The highest BCUT2D eigenvalue weighted by molar-refractivity contribution is 7.10. The number of hydrogen-bond donors (Lipinski definition) is 1. The van der Waals surface area contributed by atoms with Crippen LogP contribution in [0.2, 0.25) is 0 Å². The molecule has 2 nitrogen and oxygen atoms in total. The number of carbonyl (C=O) groups excluding carboxylic acids is 1. The molecule has 0 aliphatic heterocycles. The van der Waals surface area contributed by atoms with Gasteiger partial charge in [-0.25, -0.2) is 0 Å². The molecule has 2 aliphatic carbocycles. The highest BCUT2D eigenvalue weighted by Crippen LogP contribution is 2.34. The van der Waals surface area contributed by atoms with Gasteiger partial charge >= 0.3 is 0 Å². The molecule has 0 bridgehead atoms. The molecule has 1 aromatic carbocycles. The van der Waals surface area contributed by atoms with E-state index in [1.54, 1.807) is 11.3 Å². The molecule has 0 fully saturated rings. The van der Waals surface area contributed by atoms with Crippen LogP contribution in [0, 0.1) is 5.92 Å². The lowest BCUT2D eigenvalue weighted by molar-refractivity contribution is 0.0932. The van der Waals surface area contributed by atoms with Crippen molar-refractivity contribution in [3.63, 3.8) is 0 Å². The molecule has 4 rings (SSSR count). The summed E-state index contributed by atoms with van der Waals surface area (Å²) < 4.78 is 0. The van der Waals surface area contributed by atoms with Crippen molar-refractivity contribution in [2.45, 2.75) is 51.5 Å². The van der Waals surface area contributed by atoms with Crippen LogP contribution in [0.15, 0.2) is 29.6 Å². The molecule has 2 atom stereocenters. The molecule has 120 valence electrons. The zero-order chi connectivity index (χ0) is 15.8. The first-order valence-corrected chi connectivity index (χ1v) is 9.58. The number of hydrogen-bond acceptors (Lipinski definition) is 2. The van der Waals surface area contributed by atoms with Crippen molar-refractivity contribution in [1.82, 2.24) is 5.32 Å². The molecule has 23 heavy (non-hydrogen) atoms. The van der Waals surface area contributed by atoms with Crippen LogP contribution in [0.3, 0.4) is 0 Å². The Balaban J connectivity index is 1.56.